The lowest BCUT2D eigenvalue weighted by Gasteiger charge is -2.45. The monoisotopic (exact) mass is 288 g/mol. The first-order valence-electron chi connectivity index (χ1n) is 7.59. The highest BCUT2D eigenvalue weighted by atomic mass is 19.1. The van der Waals surface area contributed by atoms with E-state index >= 15 is 0 Å². The Labute approximate surface area is 127 Å². The van der Waals surface area contributed by atoms with Gasteiger partial charge in [0.25, 0.3) is 0 Å². The van der Waals surface area contributed by atoms with E-state index in [0.717, 1.165) is 18.5 Å². The van der Waals surface area contributed by atoms with Crippen LogP contribution < -0.4 is 5.32 Å². The van der Waals surface area contributed by atoms with E-state index in [1.165, 1.54) is 12.5 Å². The second kappa shape index (κ2) is 5.33. The molecule has 0 spiro atoms. The van der Waals surface area contributed by atoms with Gasteiger partial charge < -0.3 is 5.32 Å². The van der Waals surface area contributed by atoms with Gasteiger partial charge in [-0.15, -0.1) is 0 Å². The first-order valence-corrected chi connectivity index (χ1v) is 7.59. The molecule has 1 fully saturated rings. The van der Waals surface area contributed by atoms with Gasteiger partial charge in [-0.2, -0.15) is 5.26 Å². The molecule has 3 heteroatoms. The van der Waals surface area contributed by atoms with Crippen LogP contribution in [-0.2, 0) is 0 Å². The van der Waals surface area contributed by atoms with Crippen LogP contribution in [0.5, 0.6) is 0 Å². The molecular weight excluding hydrogens is 263 g/mol. The van der Waals surface area contributed by atoms with Crippen molar-refractivity contribution in [1.82, 2.24) is 0 Å². The molecule has 1 aliphatic carbocycles. The molecule has 0 unspecified atom stereocenters. The van der Waals surface area contributed by atoms with E-state index in [9.17, 15) is 4.39 Å². The summed E-state index contributed by atoms with van der Waals surface area (Å²) >= 11 is 0. The number of halogens is 1. The molecule has 1 aliphatic rings. The topological polar surface area (TPSA) is 35.8 Å². The predicted octanol–water partition coefficient (Wildman–Crippen LogP) is 5.02. The highest BCUT2D eigenvalue weighted by Gasteiger charge is 2.38. The van der Waals surface area contributed by atoms with Crippen molar-refractivity contribution in [1.29, 1.82) is 5.26 Å². The Morgan fingerprint density at radius 2 is 1.76 bits per heavy atom. The zero-order chi connectivity index (χ0) is 15.8. The summed E-state index contributed by atoms with van der Waals surface area (Å²) in [5, 5.41) is 12.5. The molecule has 0 saturated heterocycles. The maximum atomic E-state index is 13.9. The number of nitrogens with zero attached hydrogens (tertiary/aromatic N) is 1. The number of hydrogen-bond donors (Lipinski definition) is 1. The second-order valence-electron chi connectivity index (χ2n) is 8.00. The van der Waals surface area contributed by atoms with Crippen molar-refractivity contribution in [3.05, 3.63) is 29.1 Å². The maximum Gasteiger partial charge on any atom is 0.129 e. The molecule has 21 heavy (non-hydrogen) atoms. The summed E-state index contributed by atoms with van der Waals surface area (Å²) in [6.07, 6.45) is 3.33. The van der Waals surface area contributed by atoms with Crippen LogP contribution in [0.2, 0.25) is 0 Å². The Kier molecular flexibility index (Phi) is 4.02. The van der Waals surface area contributed by atoms with Crippen LogP contribution in [0.15, 0.2) is 12.1 Å². The van der Waals surface area contributed by atoms with Gasteiger partial charge in [-0.25, -0.2) is 4.39 Å². The molecule has 0 amide bonds. The Balaban J connectivity index is 2.26. The Morgan fingerprint density at radius 3 is 2.29 bits per heavy atom. The lowest BCUT2D eigenvalue weighted by atomic mass is 9.63. The SMILES string of the molecule is Cc1c(F)cc(C#N)cc1NC1CC(C)(C)CC(C)(C)C1. The number of hydrogen-bond acceptors (Lipinski definition) is 2. The number of rotatable bonds is 2. The van der Waals surface area contributed by atoms with Crippen molar-refractivity contribution in [2.24, 2.45) is 10.8 Å². The van der Waals surface area contributed by atoms with Crippen LogP contribution in [-0.4, -0.2) is 6.04 Å². The standard InChI is InChI=1S/C18H25FN2/c1-12-15(19)6-13(10-20)7-16(12)21-14-8-17(2,3)11-18(4,5)9-14/h6-7,14,21H,8-9,11H2,1-5H3. The van der Waals surface area contributed by atoms with Crippen molar-refractivity contribution in [3.8, 4) is 6.07 Å². The van der Waals surface area contributed by atoms with Gasteiger partial charge in [0.15, 0.2) is 0 Å². The van der Waals surface area contributed by atoms with Gasteiger partial charge in [-0.3, -0.25) is 0 Å². The van der Waals surface area contributed by atoms with Crippen LogP contribution in [0.4, 0.5) is 10.1 Å². The predicted molar refractivity (Wildman–Crippen MR) is 84.7 cm³/mol. The fraction of sp³-hybridized carbons (Fsp3) is 0.611. The maximum absolute atomic E-state index is 13.9. The van der Waals surface area contributed by atoms with Crippen molar-refractivity contribution < 1.29 is 4.39 Å². The third-order valence-electron chi connectivity index (χ3n) is 4.39. The van der Waals surface area contributed by atoms with Crippen molar-refractivity contribution in [2.45, 2.75) is 59.9 Å². The molecule has 1 aromatic rings. The van der Waals surface area contributed by atoms with Crippen LogP contribution in [0.3, 0.4) is 0 Å². The van der Waals surface area contributed by atoms with Crippen LogP contribution >= 0.6 is 0 Å². The summed E-state index contributed by atoms with van der Waals surface area (Å²) in [7, 11) is 0. The van der Waals surface area contributed by atoms with Gasteiger partial charge in [0, 0.05) is 17.3 Å². The summed E-state index contributed by atoms with van der Waals surface area (Å²) < 4.78 is 13.9. The Bertz CT molecular complexity index is 566. The van der Waals surface area contributed by atoms with E-state index in [-0.39, 0.29) is 16.6 Å². The summed E-state index contributed by atoms with van der Waals surface area (Å²) in [5.74, 6) is -0.314. The molecule has 0 radical (unpaired) electrons. The number of benzene rings is 1. The molecule has 0 bridgehead atoms. The molecule has 1 saturated carbocycles. The molecule has 0 aliphatic heterocycles. The minimum Gasteiger partial charge on any atom is -0.382 e. The quantitative estimate of drug-likeness (QED) is 0.829. The van der Waals surface area contributed by atoms with Crippen molar-refractivity contribution in [2.75, 3.05) is 5.32 Å². The van der Waals surface area contributed by atoms with Crippen molar-refractivity contribution >= 4 is 5.69 Å². The number of nitriles is 1. The molecule has 0 heterocycles. The van der Waals surface area contributed by atoms with Crippen LogP contribution in [0.1, 0.15) is 58.1 Å². The van der Waals surface area contributed by atoms with Crippen molar-refractivity contribution in [3.63, 3.8) is 0 Å². The van der Waals surface area contributed by atoms with Gasteiger partial charge in [0.2, 0.25) is 0 Å². The molecule has 2 nitrogen and oxygen atoms in total. The zero-order valence-corrected chi connectivity index (χ0v) is 13.7. The Hall–Kier alpha value is -1.56. The van der Waals surface area contributed by atoms with Gasteiger partial charge in [-0.05, 0) is 49.1 Å². The average Bonchev–Trinajstić information content (AvgIpc) is 2.30. The summed E-state index contributed by atoms with van der Waals surface area (Å²) in [6, 6.07) is 5.40. The smallest absolute Gasteiger partial charge is 0.129 e. The van der Waals surface area contributed by atoms with E-state index in [0.29, 0.717) is 17.2 Å². The largest absolute Gasteiger partial charge is 0.382 e. The molecule has 0 aromatic heterocycles. The van der Waals surface area contributed by atoms with E-state index in [4.69, 9.17) is 5.26 Å². The fourth-order valence-electron chi connectivity index (χ4n) is 4.06. The summed E-state index contributed by atoms with van der Waals surface area (Å²) in [5.41, 5.74) is 2.27. The third-order valence-corrected chi connectivity index (χ3v) is 4.39. The van der Waals surface area contributed by atoms with E-state index < -0.39 is 0 Å². The second-order valence-corrected chi connectivity index (χ2v) is 8.00. The highest BCUT2D eigenvalue weighted by Crippen LogP contribution is 2.46. The molecule has 0 atom stereocenters. The summed E-state index contributed by atoms with van der Waals surface area (Å²) in [6.45, 7) is 10.9. The third kappa shape index (κ3) is 3.75. The minimum atomic E-state index is -0.314. The van der Waals surface area contributed by atoms with Gasteiger partial charge in [-0.1, -0.05) is 27.7 Å². The molecule has 1 aromatic carbocycles. The van der Waals surface area contributed by atoms with E-state index in [2.05, 4.69) is 33.0 Å². The lowest BCUT2D eigenvalue weighted by Crippen LogP contribution is -2.40. The fourth-order valence-corrected chi connectivity index (χ4v) is 4.06. The summed E-state index contributed by atoms with van der Waals surface area (Å²) in [4.78, 5) is 0. The number of anilines is 1. The molecule has 1 N–H and O–H groups in total. The molecular formula is C18H25FN2. The normalized spacial score (nSPS) is 20.8. The molecule has 114 valence electrons. The first kappa shape index (κ1) is 15.8. The first-order chi connectivity index (χ1) is 9.62. The number of nitrogens with one attached hydrogen (secondary N) is 1. The molecule has 2 rings (SSSR count). The average molecular weight is 288 g/mol. The van der Waals surface area contributed by atoms with E-state index in [1.54, 1.807) is 13.0 Å². The highest BCUT2D eigenvalue weighted by molar-refractivity contribution is 5.56. The van der Waals surface area contributed by atoms with Gasteiger partial charge in [0.05, 0.1) is 11.6 Å². The Morgan fingerprint density at radius 1 is 1.19 bits per heavy atom. The van der Waals surface area contributed by atoms with Crippen LogP contribution in [0.25, 0.3) is 0 Å². The van der Waals surface area contributed by atoms with Gasteiger partial charge >= 0.3 is 0 Å². The zero-order valence-electron chi connectivity index (χ0n) is 13.7. The lowest BCUT2D eigenvalue weighted by molar-refractivity contribution is 0.105. The van der Waals surface area contributed by atoms with E-state index in [1.807, 2.05) is 6.07 Å². The minimum absolute atomic E-state index is 0.276. The van der Waals surface area contributed by atoms with Gasteiger partial charge in [0.1, 0.15) is 5.82 Å². The van der Waals surface area contributed by atoms with Crippen LogP contribution in [0, 0.1) is 34.9 Å².